The summed E-state index contributed by atoms with van der Waals surface area (Å²) in [4.78, 5) is 15.2. The molecule has 1 saturated heterocycles. The number of alkyl halides is 3. The quantitative estimate of drug-likeness (QED) is 0.450. The normalized spacial score (nSPS) is 28.2. The maximum atomic E-state index is 12.8. The summed E-state index contributed by atoms with van der Waals surface area (Å²) >= 11 is 0. The van der Waals surface area contributed by atoms with Gasteiger partial charge in [0.05, 0.1) is 5.60 Å². The minimum absolute atomic E-state index is 0.144. The van der Waals surface area contributed by atoms with E-state index in [2.05, 4.69) is 15.0 Å². The number of hydrogen-bond acceptors (Lipinski definition) is 5. The van der Waals surface area contributed by atoms with Crippen LogP contribution >= 0.6 is 0 Å². The Morgan fingerprint density at radius 1 is 1.13 bits per heavy atom. The van der Waals surface area contributed by atoms with Crippen LogP contribution in [0.2, 0.25) is 0 Å². The molecule has 9 heteroatoms. The van der Waals surface area contributed by atoms with Crippen molar-refractivity contribution in [3.63, 3.8) is 0 Å². The lowest BCUT2D eigenvalue weighted by atomic mass is 9.55. The largest absolute Gasteiger partial charge is 0.573 e. The molecule has 3 fully saturated rings. The fourth-order valence-corrected chi connectivity index (χ4v) is 6.24. The van der Waals surface area contributed by atoms with Gasteiger partial charge < -0.3 is 25.2 Å². The molecule has 0 spiro atoms. The molecule has 3 unspecified atom stereocenters. The highest BCUT2D eigenvalue weighted by Gasteiger charge is 2.57. The molecule has 5 rings (SSSR count). The fourth-order valence-electron chi connectivity index (χ4n) is 6.24. The number of aliphatic hydroxyl groups is 1. The smallest absolute Gasteiger partial charge is 0.508 e. The van der Waals surface area contributed by atoms with Gasteiger partial charge in [0.15, 0.2) is 0 Å². The zero-order chi connectivity index (χ0) is 27.0. The summed E-state index contributed by atoms with van der Waals surface area (Å²) < 4.78 is 41.5. The lowest BCUT2D eigenvalue weighted by Crippen LogP contribution is -2.67. The highest BCUT2D eigenvalue weighted by atomic mass is 19.4. The molecule has 0 radical (unpaired) electrons. The third kappa shape index (κ3) is 5.99. The molecule has 2 aliphatic carbocycles. The van der Waals surface area contributed by atoms with Gasteiger partial charge in [-0.1, -0.05) is 24.3 Å². The van der Waals surface area contributed by atoms with Crippen molar-refractivity contribution >= 4 is 12.0 Å². The predicted octanol–water partition coefficient (Wildman–Crippen LogP) is 4.76. The van der Waals surface area contributed by atoms with Gasteiger partial charge in [-0.2, -0.15) is 0 Å². The molecule has 1 heterocycles. The van der Waals surface area contributed by atoms with E-state index >= 15 is 0 Å². The Balaban J connectivity index is 1.30. The number of nitrogens with one attached hydrogen (secondary N) is 1. The van der Waals surface area contributed by atoms with Crippen LogP contribution in [0.1, 0.15) is 49.7 Å². The summed E-state index contributed by atoms with van der Waals surface area (Å²) in [6.07, 6.45) is 2.79. The molecule has 0 bridgehead atoms. The second kappa shape index (κ2) is 10.3. The van der Waals surface area contributed by atoms with E-state index < -0.39 is 17.4 Å². The molecule has 0 aromatic heterocycles. The lowest BCUT2D eigenvalue weighted by molar-refractivity contribution is -0.274. The van der Waals surface area contributed by atoms with E-state index in [-0.39, 0.29) is 23.4 Å². The van der Waals surface area contributed by atoms with Gasteiger partial charge in [0.2, 0.25) is 5.91 Å². The van der Waals surface area contributed by atoms with Gasteiger partial charge in [0.25, 0.3) is 0 Å². The maximum absolute atomic E-state index is 12.8. The summed E-state index contributed by atoms with van der Waals surface area (Å²) in [5, 5.41) is 25.3. The first-order valence-corrected chi connectivity index (χ1v) is 13.1. The van der Waals surface area contributed by atoms with E-state index in [4.69, 9.17) is 0 Å². The zero-order valence-electron chi connectivity index (χ0n) is 21.1. The van der Waals surface area contributed by atoms with Crippen molar-refractivity contribution in [1.82, 2.24) is 10.2 Å². The van der Waals surface area contributed by atoms with Gasteiger partial charge in [-0.25, -0.2) is 0 Å². The molecule has 3 atom stereocenters. The molecule has 2 aromatic carbocycles. The number of nitrogens with zero attached hydrogens (tertiary/aromatic N) is 1. The van der Waals surface area contributed by atoms with Gasteiger partial charge in [-0.3, -0.25) is 4.79 Å². The molecule has 3 N–H and O–H groups in total. The van der Waals surface area contributed by atoms with E-state index in [9.17, 15) is 28.2 Å². The van der Waals surface area contributed by atoms with Gasteiger partial charge in [-0.15, -0.1) is 13.2 Å². The first-order valence-electron chi connectivity index (χ1n) is 13.1. The number of β-amino-alcohol motifs (C(OH)–C–C–N with tert-alkyl or cyclic N) is 1. The lowest BCUT2D eigenvalue weighted by Gasteiger charge is -2.58. The molecule has 1 aliphatic heterocycles. The number of carbonyl (C=O) groups is 1. The van der Waals surface area contributed by atoms with E-state index in [1.165, 1.54) is 43.2 Å². The average Bonchev–Trinajstić information content (AvgIpc) is 3.66. The SMILES string of the molecule is O=C(C=Cc1cccc(OC(F)(F)F)c1)NC1CCC2(O)CN(CC3CC3)CCC2(c2cccc(O)c2)C1. The number of benzene rings is 2. The Hall–Kier alpha value is -3.04. The van der Waals surface area contributed by atoms with E-state index in [1.807, 2.05) is 6.07 Å². The number of piperidine rings is 1. The van der Waals surface area contributed by atoms with Crippen molar-refractivity contribution in [2.45, 2.75) is 61.9 Å². The van der Waals surface area contributed by atoms with Gasteiger partial charge in [0, 0.05) is 30.6 Å². The molecule has 1 amide bonds. The summed E-state index contributed by atoms with van der Waals surface area (Å²) in [6.45, 7) is 2.40. The first kappa shape index (κ1) is 26.6. The van der Waals surface area contributed by atoms with E-state index in [0.29, 0.717) is 37.8 Å². The van der Waals surface area contributed by atoms with Crippen LogP contribution in [0.3, 0.4) is 0 Å². The topological polar surface area (TPSA) is 82.0 Å². The number of amides is 1. The van der Waals surface area contributed by atoms with Crippen molar-refractivity contribution in [1.29, 1.82) is 0 Å². The average molecular weight is 531 g/mol. The summed E-state index contributed by atoms with van der Waals surface area (Å²) in [5.41, 5.74) is -0.319. The van der Waals surface area contributed by atoms with Gasteiger partial charge >= 0.3 is 6.36 Å². The van der Waals surface area contributed by atoms with Crippen LogP contribution in [0, 0.1) is 5.92 Å². The van der Waals surface area contributed by atoms with Crippen LogP contribution in [0.4, 0.5) is 13.2 Å². The first-order chi connectivity index (χ1) is 18.0. The monoisotopic (exact) mass is 530 g/mol. The number of carbonyl (C=O) groups excluding carboxylic acids is 1. The van der Waals surface area contributed by atoms with Crippen LogP contribution in [0.15, 0.2) is 54.6 Å². The molecule has 3 aliphatic rings. The van der Waals surface area contributed by atoms with Crippen LogP contribution in [-0.2, 0) is 10.2 Å². The van der Waals surface area contributed by atoms with Gasteiger partial charge in [0.1, 0.15) is 11.5 Å². The van der Waals surface area contributed by atoms with Crippen LogP contribution in [0.5, 0.6) is 11.5 Å². The maximum Gasteiger partial charge on any atom is 0.573 e. The number of aromatic hydroxyl groups is 1. The molecule has 2 aromatic rings. The third-order valence-electron chi connectivity index (χ3n) is 8.21. The fraction of sp³-hybridized carbons (Fsp3) is 0.483. The number of phenols is 1. The number of halogens is 3. The molecular weight excluding hydrogens is 497 g/mol. The Labute approximate surface area is 220 Å². The zero-order valence-corrected chi connectivity index (χ0v) is 21.1. The van der Waals surface area contributed by atoms with Crippen molar-refractivity contribution in [2.24, 2.45) is 5.92 Å². The van der Waals surface area contributed by atoms with Crippen LogP contribution in [-0.4, -0.2) is 58.7 Å². The minimum Gasteiger partial charge on any atom is -0.508 e. The predicted molar refractivity (Wildman–Crippen MR) is 136 cm³/mol. The van der Waals surface area contributed by atoms with Crippen molar-refractivity contribution in [3.8, 4) is 11.5 Å². The third-order valence-corrected chi connectivity index (χ3v) is 8.21. The highest BCUT2D eigenvalue weighted by Crippen LogP contribution is 2.52. The second-order valence-corrected chi connectivity index (χ2v) is 11.0. The summed E-state index contributed by atoms with van der Waals surface area (Å²) in [5.74, 6) is 0.146. The Kier molecular flexibility index (Phi) is 7.17. The number of likely N-dealkylation sites (tertiary alicyclic amines) is 1. The number of phenolic OH excluding ortho intramolecular Hbond substituents is 1. The molecule has 6 nitrogen and oxygen atoms in total. The summed E-state index contributed by atoms with van der Waals surface area (Å²) in [6, 6.07) is 12.3. The Morgan fingerprint density at radius 3 is 2.66 bits per heavy atom. The highest BCUT2D eigenvalue weighted by molar-refractivity contribution is 5.92. The number of rotatable bonds is 7. The van der Waals surface area contributed by atoms with E-state index in [1.54, 1.807) is 24.3 Å². The molecule has 38 heavy (non-hydrogen) atoms. The van der Waals surface area contributed by atoms with Crippen LogP contribution in [0.25, 0.3) is 6.08 Å². The molecular formula is C29H33F3N2O4. The number of fused-ring (bicyclic) bond motifs is 1. The van der Waals surface area contributed by atoms with Gasteiger partial charge in [-0.05, 0) is 92.5 Å². The minimum atomic E-state index is -4.79. The summed E-state index contributed by atoms with van der Waals surface area (Å²) in [7, 11) is 0. The number of ether oxygens (including phenoxy) is 1. The van der Waals surface area contributed by atoms with Crippen molar-refractivity contribution in [2.75, 3.05) is 19.6 Å². The second-order valence-electron chi connectivity index (χ2n) is 11.0. The van der Waals surface area contributed by atoms with Crippen molar-refractivity contribution < 1.29 is 32.9 Å². The Morgan fingerprint density at radius 2 is 1.92 bits per heavy atom. The molecule has 2 saturated carbocycles. The Bertz CT molecular complexity index is 1200. The molecule has 204 valence electrons. The van der Waals surface area contributed by atoms with Crippen molar-refractivity contribution in [3.05, 3.63) is 65.7 Å². The van der Waals surface area contributed by atoms with Crippen LogP contribution < -0.4 is 10.1 Å². The number of hydrogen-bond donors (Lipinski definition) is 3. The van der Waals surface area contributed by atoms with E-state index in [0.717, 1.165) is 24.6 Å². The standard InChI is InChI=1S/C29H33F3N2O4/c30-29(31,32)38-25-6-1-3-20(15-25)9-10-26(36)33-23-11-12-28(37)19-34(18-21-7-8-21)14-13-27(28,17-23)22-4-2-5-24(35)16-22/h1-6,9-10,15-16,21,23,35,37H,7-8,11-14,17-19H2,(H,33,36).